The van der Waals surface area contributed by atoms with Gasteiger partial charge in [0, 0.05) is 23.2 Å². The van der Waals surface area contributed by atoms with Gasteiger partial charge in [-0.1, -0.05) is 12.8 Å². The van der Waals surface area contributed by atoms with Crippen LogP contribution in [0.1, 0.15) is 59.1 Å². The molecule has 2 unspecified atom stereocenters. The number of hydrogen-bond acceptors (Lipinski definition) is 4. The number of rotatable bonds is 6. The fourth-order valence-electron chi connectivity index (χ4n) is 5.57. The van der Waals surface area contributed by atoms with Crippen LogP contribution in [0.3, 0.4) is 0 Å². The van der Waals surface area contributed by atoms with Gasteiger partial charge >= 0.3 is 0 Å². The summed E-state index contributed by atoms with van der Waals surface area (Å²) in [6, 6.07) is 18.2. The van der Waals surface area contributed by atoms with E-state index in [1.165, 1.54) is 57.3 Å². The number of benzene rings is 2. The van der Waals surface area contributed by atoms with E-state index in [9.17, 15) is 0 Å². The van der Waals surface area contributed by atoms with Crippen molar-refractivity contribution in [3.8, 4) is 22.5 Å². The summed E-state index contributed by atoms with van der Waals surface area (Å²) >= 11 is 0. The molecule has 1 aliphatic carbocycles. The molecule has 2 aromatic heterocycles. The van der Waals surface area contributed by atoms with Crippen molar-refractivity contribution >= 4 is 11.4 Å². The van der Waals surface area contributed by atoms with Gasteiger partial charge in [-0.3, -0.25) is 9.97 Å². The Morgan fingerprint density at radius 2 is 0.921 bits per heavy atom. The first-order valence-corrected chi connectivity index (χ1v) is 13.9. The van der Waals surface area contributed by atoms with Crippen molar-refractivity contribution in [2.75, 3.05) is 10.6 Å². The van der Waals surface area contributed by atoms with Crippen LogP contribution >= 0.6 is 0 Å². The number of aromatic nitrogens is 2. The Kier molecular flexibility index (Phi) is 7.51. The van der Waals surface area contributed by atoms with Crippen LogP contribution in [-0.2, 0) is 0 Å². The van der Waals surface area contributed by atoms with Crippen molar-refractivity contribution in [1.29, 1.82) is 0 Å². The molecule has 0 radical (unpaired) electrons. The van der Waals surface area contributed by atoms with Gasteiger partial charge in [0.25, 0.3) is 0 Å². The Hall–Kier alpha value is -3.66. The van der Waals surface area contributed by atoms with Crippen molar-refractivity contribution in [2.24, 2.45) is 0 Å². The average molecular weight is 505 g/mol. The van der Waals surface area contributed by atoms with Crippen LogP contribution < -0.4 is 10.6 Å². The van der Waals surface area contributed by atoms with Crippen LogP contribution in [0, 0.1) is 41.5 Å². The second kappa shape index (κ2) is 11.0. The van der Waals surface area contributed by atoms with E-state index in [4.69, 9.17) is 9.97 Å². The molecule has 1 saturated carbocycles. The first-order valence-electron chi connectivity index (χ1n) is 13.9. The highest BCUT2D eigenvalue weighted by Gasteiger charge is 2.25. The molecule has 2 heterocycles. The first kappa shape index (κ1) is 26.0. The van der Waals surface area contributed by atoms with E-state index in [1.54, 1.807) is 0 Å². The highest BCUT2D eigenvalue weighted by atomic mass is 15.0. The third-order valence-corrected chi connectivity index (χ3v) is 8.44. The Morgan fingerprint density at radius 1 is 0.553 bits per heavy atom. The third-order valence-electron chi connectivity index (χ3n) is 8.44. The summed E-state index contributed by atoms with van der Waals surface area (Å²) in [5.41, 5.74) is 14.5. The molecular formula is C34H40N4. The maximum atomic E-state index is 4.80. The zero-order chi connectivity index (χ0) is 26.8. The van der Waals surface area contributed by atoms with Crippen LogP contribution in [0.2, 0.25) is 0 Å². The lowest BCUT2D eigenvalue weighted by Gasteiger charge is -2.34. The van der Waals surface area contributed by atoms with Crippen molar-refractivity contribution in [3.05, 3.63) is 94.3 Å². The van der Waals surface area contributed by atoms with Crippen molar-refractivity contribution < 1.29 is 0 Å². The number of nitrogens with one attached hydrogen (secondary N) is 2. The standard InChI is InChI=1S/C34H40N4/c1-21-15-27(16-22(2)25(21)5)31-13-11-29(19-35-31)37-33-9-7-8-10-34(33)38-30-12-14-32(36-20-30)28-17-23(3)26(6)24(4)18-28/h11-20,33-34,37-38H,7-10H2,1-6H3. The van der Waals surface area contributed by atoms with E-state index in [0.29, 0.717) is 12.1 Å². The largest absolute Gasteiger partial charge is 0.379 e. The molecule has 0 amide bonds. The zero-order valence-corrected chi connectivity index (χ0v) is 23.7. The maximum absolute atomic E-state index is 4.80. The highest BCUT2D eigenvalue weighted by molar-refractivity contribution is 5.65. The second-order valence-electron chi connectivity index (χ2n) is 11.1. The molecule has 2 N–H and O–H groups in total. The van der Waals surface area contributed by atoms with Crippen LogP contribution in [-0.4, -0.2) is 22.1 Å². The average Bonchev–Trinajstić information content (AvgIpc) is 2.92. The van der Waals surface area contributed by atoms with Crippen molar-refractivity contribution in [2.45, 2.75) is 79.3 Å². The quantitative estimate of drug-likeness (QED) is 0.276. The molecule has 2 atom stereocenters. The summed E-state index contributed by atoms with van der Waals surface area (Å²) in [7, 11) is 0. The molecule has 4 nitrogen and oxygen atoms in total. The molecule has 0 spiro atoms. The fourth-order valence-corrected chi connectivity index (χ4v) is 5.57. The second-order valence-corrected chi connectivity index (χ2v) is 11.1. The first-order chi connectivity index (χ1) is 18.3. The van der Waals surface area contributed by atoms with Crippen LogP contribution in [0.5, 0.6) is 0 Å². The number of anilines is 2. The van der Waals surface area contributed by atoms with Gasteiger partial charge < -0.3 is 10.6 Å². The highest BCUT2D eigenvalue weighted by Crippen LogP contribution is 2.29. The summed E-state index contributed by atoms with van der Waals surface area (Å²) in [5.74, 6) is 0. The number of aryl methyl sites for hydroxylation is 4. The van der Waals surface area contributed by atoms with Gasteiger partial charge in [-0.15, -0.1) is 0 Å². The molecule has 0 aliphatic heterocycles. The van der Waals surface area contributed by atoms with E-state index < -0.39 is 0 Å². The Morgan fingerprint density at radius 3 is 1.24 bits per heavy atom. The van der Waals surface area contributed by atoms with Crippen molar-refractivity contribution in [1.82, 2.24) is 9.97 Å². The lowest BCUT2D eigenvalue weighted by atomic mass is 9.90. The van der Waals surface area contributed by atoms with Gasteiger partial charge in [0.2, 0.25) is 0 Å². The molecule has 196 valence electrons. The maximum Gasteiger partial charge on any atom is 0.0703 e. The number of nitrogens with zero attached hydrogens (tertiary/aromatic N) is 2. The predicted molar refractivity (Wildman–Crippen MR) is 161 cm³/mol. The smallest absolute Gasteiger partial charge is 0.0703 e. The molecule has 38 heavy (non-hydrogen) atoms. The third kappa shape index (κ3) is 5.60. The van der Waals surface area contributed by atoms with E-state index in [0.717, 1.165) is 35.6 Å². The molecule has 5 rings (SSSR count). The molecule has 2 aromatic carbocycles. The van der Waals surface area contributed by atoms with Crippen LogP contribution in [0.15, 0.2) is 60.9 Å². The lowest BCUT2D eigenvalue weighted by Crippen LogP contribution is -2.41. The molecule has 0 bridgehead atoms. The van der Waals surface area contributed by atoms with Gasteiger partial charge in [-0.25, -0.2) is 0 Å². The summed E-state index contributed by atoms with van der Waals surface area (Å²) in [4.78, 5) is 9.60. The molecule has 4 aromatic rings. The van der Waals surface area contributed by atoms with Gasteiger partial charge in [-0.2, -0.15) is 0 Å². The normalized spacial score (nSPS) is 17.3. The van der Waals surface area contributed by atoms with Gasteiger partial charge in [0.15, 0.2) is 0 Å². The minimum Gasteiger partial charge on any atom is -0.379 e. The minimum absolute atomic E-state index is 0.349. The van der Waals surface area contributed by atoms with Crippen LogP contribution in [0.25, 0.3) is 22.5 Å². The van der Waals surface area contributed by atoms with E-state index in [2.05, 4.69) is 101 Å². The summed E-state index contributed by atoms with van der Waals surface area (Å²) in [6.45, 7) is 13.0. The SMILES string of the molecule is Cc1cc(-c2ccc(NC3CCCCC3Nc3ccc(-c4cc(C)c(C)c(C)c4)nc3)cn2)cc(C)c1C. The van der Waals surface area contributed by atoms with E-state index >= 15 is 0 Å². The van der Waals surface area contributed by atoms with Gasteiger partial charge in [0.05, 0.1) is 35.2 Å². The number of pyridine rings is 2. The molecule has 1 aliphatic rings. The van der Waals surface area contributed by atoms with Gasteiger partial charge in [-0.05, 0) is 136 Å². The predicted octanol–water partition coefficient (Wildman–Crippen LogP) is 8.50. The van der Waals surface area contributed by atoms with E-state index in [-0.39, 0.29) is 0 Å². The lowest BCUT2D eigenvalue weighted by molar-refractivity contribution is 0.424. The topological polar surface area (TPSA) is 49.8 Å². The van der Waals surface area contributed by atoms with Crippen molar-refractivity contribution in [3.63, 3.8) is 0 Å². The summed E-state index contributed by atoms with van der Waals surface area (Å²) < 4.78 is 0. The Bertz CT molecular complexity index is 1260. The Balaban J connectivity index is 1.27. The molecule has 4 heteroatoms. The number of hydrogen-bond donors (Lipinski definition) is 2. The summed E-state index contributed by atoms with van der Waals surface area (Å²) in [5, 5.41) is 7.54. The molecule has 1 fully saturated rings. The Labute approximate surface area is 228 Å². The van der Waals surface area contributed by atoms with Crippen LogP contribution in [0.4, 0.5) is 11.4 Å². The van der Waals surface area contributed by atoms with Gasteiger partial charge in [0.1, 0.15) is 0 Å². The molecular weight excluding hydrogens is 464 g/mol. The minimum atomic E-state index is 0.349. The monoisotopic (exact) mass is 504 g/mol. The van der Waals surface area contributed by atoms with E-state index in [1.807, 2.05) is 12.4 Å². The molecule has 0 saturated heterocycles. The summed E-state index contributed by atoms with van der Waals surface area (Å²) in [6.07, 6.45) is 8.73. The fraction of sp³-hybridized carbons (Fsp3) is 0.353. The zero-order valence-electron chi connectivity index (χ0n) is 23.7.